The van der Waals surface area contributed by atoms with Gasteiger partial charge in [0, 0.05) is 17.9 Å². The van der Waals surface area contributed by atoms with Crippen LogP contribution in [-0.4, -0.2) is 34.5 Å². The molecule has 3 aliphatic carbocycles. The van der Waals surface area contributed by atoms with Crippen LogP contribution >= 0.6 is 0 Å². The summed E-state index contributed by atoms with van der Waals surface area (Å²) in [7, 11) is 0. The van der Waals surface area contributed by atoms with Gasteiger partial charge in [0.1, 0.15) is 6.10 Å². The van der Waals surface area contributed by atoms with Gasteiger partial charge in [0.15, 0.2) is 0 Å². The molecular formula is C29H42O4. The first-order valence-electron chi connectivity index (χ1n) is 13.0. The highest BCUT2D eigenvalue weighted by Gasteiger charge is 2.51. The Hall–Kier alpha value is -1.65. The van der Waals surface area contributed by atoms with Crippen molar-refractivity contribution in [2.24, 2.45) is 29.1 Å². The minimum absolute atomic E-state index is 0.0221. The molecule has 8 atom stereocenters. The zero-order valence-corrected chi connectivity index (χ0v) is 20.7. The third-order valence-corrected chi connectivity index (χ3v) is 9.45. The third kappa shape index (κ3) is 4.53. The van der Waals surface area contributed by atoms with Crippen LogP contribution in [0.15, 0.2) is 47.6 Å². The first kappa shape index (κ1) is 24.5. The number of aliphatic hydroxyl groups excluding tert-OH is 2. The van der Waals surface area contributed by atoms with Crippen molar-refractivity contribution in [1.82, 2.24) is 0 Å². The molecule has 0 aromatic rings. The quantitative estimate of drug-likeness (QED) is 0.415. The van der Waals surface area contributed by atoms with E-state index in [4.69, 9.17) is 4.74 Å². The minimum atomic E-state index is -0.639. The van der Waals surface area contributed by atoms with Crippen molar-refractivity contribution in [3.05, 3.63) is 47.6 Å². The zero-order valence-electron chi connectivity index (χ0n) is 20.7. The molecule has 4 rings (SSSR count). The van der Waals surface area contributed by atoms with E-state index in [0.717, 1.165) is 30.4 Å². The average molecular weight is 455 g/mol. The lowest BCUT2D eigenvalue weighted by Crippen LogP contribution is -2.37. The number of hydrogen-bond donors (Lipinski definition) is 2. The van der Waals surface area contributed by atoms with Crippen LogP contribution in [0.4, 0.5) is 0 Å². The van der Waals surface area contributed by atoms with Gasteiger partial charge in [0.25, 0.3) is 0 Å². The number of cyclic esters (lactones) is 1. The van der Waals surface area contributed by atoms with Gasteiger partial charge < -0.3 is 14.9 Å². The Balaban J connectivity index is 1.49. The lowest BCUT2D eigenvalue weighted by atomic mass is 9.60. The molecule has 0 radical (unpaired) electrons. The number of esters is 1. The Kier molecular flexibility index (Phi) is 7.08. The molecule has 1 heterocycles. The fourth-order valence-corrected chi connectivity index (χ4v) is 7.60. The van der Waals surface area contributed by atoms with Gasteiger partial charge in [-0.3, -0.25) is 0 Å². The molecule has 2 N–H and O–H groups in total. The molecule has 182 valence electrons. The van der Waals surface area contributed by atoms with E-state index in [-0.39, 0.29) is 23.4 Å². The molecule has 3 saturated carbocycles. The Bertz CT molecular complexity index is 867. The molecule has 0 spiro atoms. The topological polar surface area (TPSA) is 66.8 Å². The zero-order chi connectivity index (χ0) is 23.9. The predicted molar refractivity (Wildman–Crippen MR) is 131 cm³/mol. The summed E-state index contributed by atoms with van der Waals surface area (Å²) >= 11 is 0. The molecule has 1 aliphatic heterocycles. The predicted octanol–water partition coefficient (Wildman–Crippen LogP) is 5.66. The van der Waals surface area contributed by atoms with Gasteiger partial charge >= 0.3 is 5.97 Å². The Labute approximate surface area is 199 Å². The van der Waals surface area contributed by atoms with Crippen LogP contribution < -0.4 is 0 Å². The Morgan fingerprint density at radius 1 is 1.21 bits per heavy atom. The van der Waals surface area contributed by atoms with Crippen molar-refractivity contribution in [2.75, 3.05) is 0 Å². The van der Waals surface area contributed by atoms with Crippen LogP contribution in [0.3, 0.4) is 0 Å². The van der Waals surface area contributed by atoms with Crippen LogP contribution in [0.5, 0.6) is 0 Å². The molecule has 4 aliphatic rings. The van der Waals surface area contributed by atoms with Crippen molar-refractivity contribution in [1.29, 1.82) is 0 Å². The summed E-state index contributed by atoms with van der Waals surface area (Å²) in [5.41, 5.74) is 4.18. The fourth-order valence-electron chi connectivity index (χ4n) is 7.60. The summed E-state index contributed by atoms with van der Waals surface area (Å²) in [5, 5.41) is 20.2. The molecule has 4 fully saturated rings. The molecule has 33 heavy (non-hydrogen) atoms. The maximum atomic E-state index is 12.1. The van der Waals surface area contributed by atoms with Gasteiger partial charge in [-0.15, -0.1) is 0 Å². The summed E-state index contributed by atoms with van der Waals surface area (Å²) in [4.78, 5) is 12.1. The average Bonchev–Trinajstić information content (AvgIpc) is 3.25. The highest BCUT2D eigenvalue weighted by atomic mass is 16.6. The molecule has 4 heteroatoms. The lowest BCUT2D eigenvalue weighted by molar-refractivity contribution is -0.140. The van der Waals surface area contributed by atoms with Crippen LogP contribution in [-0.2, 0) is 9.53 Å². The fraction of sp³-hybridized carbons (Fsp3) is 0.690. The van der Waals surface area contributed by atoms with E-state index in [2.05, 4.69) is 46.1 Å². The van der Waals surface area contributed by atoms with E-state index in [1.807, 2.05) is 0 Å². The number of rotatable bonds is 5. The second kappa shape index (κ2) is 9.54. The van der Waals surface area contributed by atoms with Crippen LogP contribution in [0.1, 0.15) is 78.6 Å². The molecule has 1 saturated heterocycles. The van der Waals surface area contributed by atoms with E-state index < -0.39 is 12.2 Å². The standard InChI is InChI=1S/C29H42O4/c1-6-23-19(4)28(32)33-27(23)14-17(2)24-11-12-25-20(8-7-13-29(24,25)5)9-10-21-15-22(30)16-26(31)18(21)3/h9-10,17,22-27,30-31H,3-4,6-8,11-16H2,1-2,5H3/b20-9+,21-10-/t17-,22-,23-,24-,25+,26+,27-,29-/m1/s1. The first-order chi connectivity index (χ1) is 15.7. The van der Waals surface area contributed by atoms with Crippen molar-refractivity contribution < 1.29 is 19.7 Å². The smallest absolute Gasteiger partial charge is 0.334 e. The van der Waals surface area contributed by atoms with E-state index in [1.54, 1.807) is 0 Å². The molecule has 0 unspecified atom stereocenters. The van der Waals surface area contributed by atoms with Crippen molar-refractivity contribution in [2.45, 2.75) is 96.9 Å². The van der Waals surface area contributed by atoms with Gasteiger partial charge in [0.05, 0.1) is 12.2 Å². The summed E-state index contributed by atoms with van der Waals surface area (Å²) in [6.45, 7) is 15.0. The van der Waals surface area contributed by atoms with Gasteiger partial charge in [0.2, 0.25) is 0 Å². The van der Waals surface area contributed by atoms with E-state index in [1.165, 1.54) is 31.3 Å². The van der Waals surface area contributed by atoms with Gasteiger partial charge in [-0.1, -0.05) is 51.7 Å². The van der Waals surface area contributed by atoms with Crippen LogP contribution in [0, 0.1) is 29.1 Å². The highest BCUT2D eigenvalue weighted by Crippen LogP contribution is 2.60. The number of hydrogen-bond acceptors (Lipinski definition) is 4. The Morgan fingerprint density at radius 3 is 2.70 bits per heavy atom. The second-order valence-corrected chi connectivity index (χ2v) is 11.4. The Morgan fingerprint density at radius 2 is 1.97 bits per heavy atom. The normalized spacial score (nSPS) is 42.6. The monoisotopic (exact) mass is 454 g/mol. The minimum Gasteiger partial charge on any atom is -0.458 e. The van der Waals surface area contributed by atoms with E-state index >= 15 is 0 Å². The summed E-state index contributed by atoms with van der Waals surface area (Å²) < 4.78 is 5.72. The number of allylic oxidation sites excluding steroid dienone is 3. The van der Waals surface area contributed by atoms with Gasteiger partial charge in [-0.2, -0.15) is 0 Å². The molecule has 0 aromatic heterocycles. The van der Waals surface area contributed by atoms with Crippen LogP contribution in [0.25, 0.3) is 0 Å². The van der Waals surface area contributed by atoms with Crippen molar-refractivity contribution in [3.8, 4) is 0 Å². The summed E-state index contributed by atoms with van der Waals surface area (Å²) in [6.07, 6.45) is 12.0. The molecule has 4 nitrogen and oxygen atoms in total. The molecule has 0 amide bonds. The maximum absolute atomic E-state index is 12.1. The largest absolute Gasteiger partial charge is 0.458 e. The third-order valence-electron chi connectivity index (χ3n) is 9.45. The van der Waals surface area contributed by atoms with Crippen molar-refractivity contribution in [3.63, 3.8) is 0 Å². The maximum Gasteiger partial charge on any atom is 0.334 e. The molecular weight excluding hydrogens is 412 g/mol. The summed E-state index contributed by atoms with van der Waals surface area (Å²) in [6, 6.07) is 0. The molecule has 0 bridgehead atoms. The summed E-state index contributed by atoms with van der Waals surface area (Å²) in [5.74, 6) is 1.65. The number of carbonyl (C=O) groups is 1. The first-order valence-corrected chi connectivity index (χ1v) is 13.0. The van der Waals surface area contributed by atoms with Gasteiger partial charge in [-0.25, -0.2) is 4.79 Å². The van der Waals surface area contributed by atoms with Crippen molar-refractivity contribution >= 4 is 5.97 Å². The number of aliphatic hydroxyl groups is 2. The van der Waals surface area contributed by atoms with E-state index in [9.17, 15) is 15.0 Å². The van der Waals surface area contributed by atoms with Gasteiger partial charge in [-0.05, 0) is 85.7 Å². The number of fused-ring (bicyclic) bond motifs is 1. The number of ether oxygens (including phenoxy) is 1. The SMILES string of the molecule is C=C1C(=O)O[C@H](C[C@@H](C)[C@H]2CC[C@H]3/C(=C/C=C4/C[C@@H](O)C[C@H](O)C4=C)CCC[C@]23C)[C@@H]1CC. The molecule has 0 aromatic carbocycles. The second-order valence-electron chi connectivity index (χ2n) is 11.4. The van der Waals surface area contributed by atoms with Crippen LogP contribution in [0.2, 0.25) is 0 Å². The van der Waals surface area contributed by atoms with E-state index in [0.29, 0.717) is 36.2 Å². The number of carbonyl (C=O) groups excluding carboxylic acids is 1. The lowest BCUT2D eigenvalue weighted by Gasteiger charge is -2.44. The highest BCUT2D eigenvalue weighted by molar-refractivity contribution is 5.90.